The predicted octanol–water partition coefficient (Wildman–Crippen LogP) is 2.83. The molecule has 1 aromatic heterocycles. The third-order valence-electron chi connectivity index (χ3n) is 3.37. The maximum absolute atomic E-state index is 11.3. The second kappa shape index (κ2) is 7.62. The van der Waals surface area contributed by atoms with Gasteiger partial charge < -0.3 is 10.2 Å². The van der Waals surface area contributed by atoms with Gasteiger partial charge in [0.1, 0.15) is 6.33 Å². The fourth-order valence-electron chi connectivity index (χ4n) is 2.01. The number of hydrogen-bond donors (Lipinski definition) is 1. The van der Waals surface area contributed by atoms with Crippen molar-refractivity contribution in [3.05, 3.63) is 16.4 Å². The molecule has 0 fully saturated rings. The molecule has 0 aromatic carbocycles. The number of hydrogen-bond acceptors (Lipinski definition) is 6. The van der Waals surface area contributed by atoms with Crippen LogP contribution in [0.25, 0.3) is 0 Å². The number of aromatic nitrogens is 2. The Morgan fingerprint density at radius 2 is 2.15 bits per heavy atom. The number of nitrogens with one attached hydrogen (secondary N) is 1. The standard InChI is InChI=1S/C13H23N5O2/c1-5-7-8-17(10(3)6-2)13-11(18(19)20)12(14-4)15-9-16-13/h9-10H,5-8H2,1-4H3,(H,14,15,16). The number of nitrogens with zero attached hydrogens (tertiary/aromatic N) is 4. The summed E-state index contributed by atoms with van der Waals surface area (Å²) in [6.45, 7) is 6.98. The van der Waals surface area contributed by atoms with Gasteiger partial charge in [0.25, 0.3) is 0 Å². The van der Waals surface area contributed by atoms with Gasteiger partial charge >= 0.3 is 5.69 Å². The molecular weight excluding hydrogens is 258 g/mol. The minimum Gasteiger partial charge on any atom is -0.367 e. The molecule has 0 amide bonds. The average Bonchev–Trinajstić information content (AvgIpc) is 2.46. The summed E-state index contributed by atoms with van der Waals surface area (Å²) in [5.41, 5.74) is -0.0496. The van der Waals surface area contributed by atoms with E-state index in [1.807, 2.05) is 4.90 Å². The molecule has 7 nitrogen and oxygen atoms in total. The highest BCUT2D eigenvalue weighted by atomic mass is 16.6. The minimum atomic E-state index is -0.414. The number of unbranched alkanes of at least 4 members (excludes halogenated alkanes) is 1. The summed E-state index contributed by atoms with van der Waals surface area (Å²) in [4.78, 5) is 21.0. The summed E-state index contributed by atoms with van der Waals surface area (Å²) >= 11 is 0. The molecule has 0 saturated carbocycles. The van der Waals surface area contributed by atoms with Gasteiger partial charge in [-0.2, -0.15) is 0 Å². The summed E-state index contributed by atoms with van der Waals surface area (Å²) in [6, 6.07) is 0.194. The van der Waals surface area contributed by atoms with Crippen LogP contribution in [-0.4, -0.2) is 34.5 Å². The Bertz CT molecular complexity index is 452. The highest BCUT2D eigenvalue weighted by Crippen LogP contribution is 2.33. The summed E-state index contributed by atoms with van der Waals surface area (Å²) in [5.74, 6) is 0.655. The van der Waals surface area contributed by atoms with Gasteiger partial charge in [-0.25, -0.2) is 9.97 Å². The number of nitro groups is 1. The molecule has 0 spiro atoms. The molecule has 1 rings (SSSR count). The minimum absolute atomic E-state index is 0.0496. The van der Waals surface area contributed by atoms with E-state index in [4.69, 9.17) is 0 Å². The first-order valence-corrected chi connectivity index (χ1v) is 7.00. The van der Waals surface area contributed by atoms with E-state index < -0.39 is 4.92 Å². The maximum Gasteiger partial charge on any atom is 0.353 e. The third kappa shape index (κ3) is 3.55. The van der Waals surface area contributed by atoms with Gasteiger partial charge in [-0.3, -0.25) is 10.1 Å². The van der Waals surface area contributed by atoms with Crippen LogP contribution in [0.5, 0.6) is 0 Å². The van der Waals surface area contributed by atoms with Crippen LogP contribution in [0.15, 0.2) is 6.33 Å². The zero-order chi connectivity index (χ0) is 15.1. The van der Waals surface area contributed by atoms with Gasteiger partial charge in [-0.05, 0) is 19.8 Å². The third-order valence-corrected chi connectivity index (χ3v) is 3.37. The molecular formula is C13H23N5O2. The first-order chi connectivity index (χ1) is 9.56. The zero-order valence-corrected chi connectivity index (χ0v) is 12.6. The molecule has 0 saturated heterocycles. The van der Waals surface area contributed by atoms with E-state index in [9.17, 15) is 10.1 Å². The monoisotopic (exact) mass is 281 g/mol. The summed E-state index contributed by atoms with van der Waals surface area (Å²) in [7, 11) is 1.62. The zero-order valence-electron chi connectivity index (χ0n) is 12.6. The van der Waals surface area contributed by atoms with Crippen LogP contribution < -0.4 is 10.2 Å². The van der Waals surface area contributed by atoms with Crippen LogP contribution in [-0.2, 0) is 0 Å². The van der Waals surface area contributed by atoms with Crippen molar-refractivity contribution in [1.82, 2.24) is 9.97 Å². The van der Waals surface area contributed by atoms with Crippen LogP contribution in [0, 0.1) is 10.1 Å². The van der Waals surface area contributed by atoms with Crippen molar-refractivity contribution in [2.24, 2.45) is 0 Å². The van der Waals surface area contributed by atoms with E-state index in [1.165, 1.54) is 6.33 Å². The molecule has 1 aromatic rings. The smallest absolute Gasteiger partial charge is 0.353 e. The van der Waals surface area contributed by atoms with Crippen molar-refractivity contribution in [1.29, 1.82) is 0 Å². The molecule has 1 N–H and O–H groups in total. The first-order valence-electron chi connectivity index (χ1n) is 7.00. The van der Waals surface area contributed by atoms with Gasteiger partial charge in [0.15, 0.2) is 0 Å². The van der Waals surface area contributed by atoms with Gasteiger partial charge in [-0.15, -0.1) is 0 Å². The molecule has 7 heteroatoms. The van der Waals surface area contributed by atoms with Crippen molar-refractivity contribution >= 4 is 17.3 Å². The van der Waals surface area contributed by atoms with Crippen molar-refractivity contribution in [2.75, 3.05) is 23.8 Å². The van der Waals surface area contributed by atoms with E-state index in [0.717, 1.165) is 25.8 Å². The average molecular weight is 281 g/mol. The SMILES string of the molecule is CCCCN(c1ncnc(NC)c1[N+](=O)[O-])C(C)CC. The first kappa shape index (κ1) is 16.1. The highest BCUT2D eigenvalue weighted by molar-refractivity contribution is 5.70. The second-order valence-corrected chi connectivity index (χ2v) is 4.71. The van der Waals surface area contributed by atoms with Crippen LogP contribution in [0.3, 0.4) is 0 Å². The van der Waals surface area contributed by atoms with Crippen LogP contribution in [0.4, 0.5) is 17.3 Å². The quantitative estimate of drug-likeness (QED) is 0.582. The Balaban J connectivity index is 3.27. The lowest BCUT2D eigenvalue weighted by molar-refractivity contribution is -0.383. The predicted molar refractivity (Wildman–Crippen MR) is 80.2 cm³/mol. The van der Waals surface area contributed by atoms with Crippen molar-refractivity contribution in [2.45, 2.75) is 46.1 Å². The molecule has 112 valence electrons. The highest BCUT2D eigenvalue weighted by Gasteiger charge is 2.28. The van der Waals surface area contributed by atoms with Gasteiger partial charge in [0.2, 0.25) is 11.6 Å². The molecule has 0 radical (unpaired) electrons. The molecule has 20 heavy (non-hydrogen) atoms. The van der Waals surface area contributed by atoms with Gasteiger partial charge in [-0.1, -0.05) is 20.3 Å². The fourth-order valence-corrected chi connectivity index (χ4v) is 2.01. The van der Waals surface area contributed by atoms with E-state index in [2.05, 4.69) is 36.1 Å². The van der Waals surface area contributed by atoms with E-state index >= 15 is 0 Å². The molecule has 1 unspecified atom stereocenters. The lowest BCUT2D eigenvalue weighted by Crippen LogP contribution is -2.35. The number of rotatable bonds is 8. The Kier molecular flexibility index (Phi) is 6.14. The molecule has 0 aliphatic rings. The Morgan fingerprint density at radius 3 is 2.65 bits per heavy atom. The molecule has 1 heterocycles. The number of anilines is 2. The van der Waals surface area contributed by atoms with Crippen LogP contribution >= 0.6 is 0 Å². The van der Waals surface area contributed by atoms with E-state index in [-0.39, 0.29) is 17.5 Å². The topological polar surface area (TPSA) is 84.2 Å². The van der Waals surface area contributed by atoms with Crippen LogP contribution in [0.2, 0.25) is 0 Å². The Hall–Kier alpha value is -1.92. The lowest BCUT2D eigenvalue weighted by atomic mass is 10.2. The molecule has 0 aliphatic heterocycles. The van der Waals surface area contributed by atoms with Crippen LogP contribution in [0.1, 0.15) is 40.0 Å². The molecule has 0 aliphatic carbocycles. The van der Waals surface area contributed by atoms with E-state index in [1.54, 1.807) is 7.05 Å². The summed E-state index contributed by atoms with van der Waals surface area (Å²) < 4.78 is 0. The normalized spacial score (nSPS) is 12.0. The van der Waals surface area contributed by atoms with E-state index in [0.29, 0.717) is 5.82 Å². The Labute approximate surface area is 119 Å². The van der Waals surface area contributed by atoms with Gasteiger partial charge in [0, 0.05) is 19.6 Å². The van der Waals surface area contributed by atoms with Gasteiger partial charge in [0.05, 0.1) is 4.92 Å². The molecule has 1 atom stereocenters. The second-order valence-electron chi connectivity index (χ2n) is 4.71. The lowest BCUT2D eigenvalue weighted by Gasteiger charge is -2.29. The Morgan fingerprint density at radius 1 is 1.45 bits per heavy atom. The maximum atomic E-state index is 11.3. The van der Waals surface area contributed by atoms with Crippen molar-refractivity contribution < 1.29 is 4.92 Å². The van der Waals surface area contributed by atoms with Crippen molar-refractivity contribution in [3.8, 4) is 0 Å². The summed E-state index contributed by atoms with van der Waals surface area (Å²) in [5, 5.41) is 14.1. The molecule has 0 bridgehead atoms. The largest absolute Gasteiger partial charge is 0.367 e. The van der Waals surface area contributed by atoms with Crippen molar-refractivity contribution in [3.63, 3.8) is 0 Å². The fraction of sp³-hybridized carbons (Fsp3) is 0.692. The summed E-state index contributed by atoms with van der Waals surface area (Å²) in [6.07, 6.45) is 4.28.